The highest BCUT2D eigenvalue weighted by atomic mass is 32.2. The van der Waals surface area contributed by atoms with Gasteiger partial charge in [0.05, 0.1) is 4.90 Å². The molecular weight excluding hydrogens is 362 g/mol. The Hall–Kier alpha value is -2.38. The summed E-state index contributed by atoms with van der Waals surface area (Å²) < 4.78 is 27.9. The Morgan fingerprint density at radius 3 is 2.33 bits per heavy atom. The summed E-state index contributed by atoms with van der Waals surface area (Å²) in [6.45, 7) is 5.13. The number of carbonyl (C=O) groups excluding carboxylic acids is 1. The molecule has 6 nitrogen and oxygen atoms in total. The first-order valence-corrected chi connectivity index (χ1v) is 10.3. The minimum absolute atomic E-state index is 0.0621. The monoisotopic (exact) mass is 389 g/mol. The number of nitrogens with one attached hydrogen (secondary N) is 2. The van der Waals surface area contributed by atoms with E-state index >= 15 is 0 Å². The summed E-state index contributed by atoms with van der Waals surface area (Å²) >= 11 is 0. The van der Waals surface area contributed by atoms with Crippen LogP contribution in [0.1, 0.15) is 27.9 Å². The fourth-order valence-corrected chi connectivity index (χ4v) is 3.63. The number of rotatable bonds is 8. The largest absolute Gasteiger partial charge is 0.352 e. The van der Waals surface area contributed by atoms with E-state index in [0.717, 1.165) is 24.1 Å². The van der Waals surface area contributed by atoms with Crippen molar-refractivity contribution in [2.45, 2.75) is 25.2 Å². The normalized spacial score (nSPS) is 11.4. The van der Waals surface area contributed by atoms with Crippen LogP contribution < -0.4 is 10.0 Å². The third kappa shape index (κ3) is 6.08. The highest BCUT2D eigenvalue weighted by Gasteiger charge is 2.18. The van der Waals surface area contributed by atoms with Gasteiger partial charge in [-0.3, -0.25) is 9.52 Å². The molecule has 0 fully saturated rings. The SMILES string of the molecule is Cc1ccc(NS(=O)(=O)c2ccc(C)c(C(=O)NCCCN(C)C)c2)cc1. The summed E-state index contributed by atoms with van der Waals surface area (Å²) in [4.78, 5) is 14.6. The van der Waals surface area contributed by atoms with Crippen molar-refractivity contribution in [2.24, 2.45) is 0 Å². The van der Waals surface area contributed by atoms with Crippen molar-refractivity contribution in [3.8, 4) is 0 Å². The maximum absolute atomic E-state index is 12.7. The maximum atomic E-state index is 12.7. The lowest BCUT2D eigenvalue weighted by Gasteiger charge is -2.13. The molecule has 27 heavy (non-hydrogen) atoms. The Kier molecular flexibility index (Phi) is 6.98. The van der Waals surface area contributed by atoms with E-state index < -0.39 is 10.0 Å². The standard InChI is InChI=1S/C20H27N3O3S/c1-15-6-9-17(10-7-15)22-27(25,26)18-11-8-16(2)19(14-18)20(24)21-12-5-13-23(3)4/h6-11,14,22H,5,12-13H2,1-4H3,(H,21,24). The molecule has 0 spiro atoms. The lowest BCUT2D eigenvalue weighted by atomic mass is 10.1. The predicted octanol–water partition coefficient (Wildman–Crippen LogP) is 2.79. The van der Waals surface area contributed by atoms with Crippen molar-refractivity contribution in [1.82, 2.24) is 10.2 Å². The third-order valence-corrected chi connectivity index (χ3v) is 5.51. The molecule has 2 rings (SSSR count). The first-order valence-electron chi connectivity index (χ1n) is 8.82. The number of hydrogen-bond donors (Lipinski definition) is 2. The Bertz CT molecular complexity index is 891. The number of benzene rings is 2. The highest BCUT2D eigenvalue weighted by molar-refractivity contribution is 7.92. The minimum atomic E-state index is -3.77. The van der Waals surface area contributed by atoms with Crippen molar-refractivity contribution in [1.29, 1.82) is 0 Å². The highest BCUT2D eigenvalue weighted by Crippen LogP contribution is 2.19. The number of hydrogen-bond acceptors (Lipinski definition) is 4. The number of sulfonamides is 1. The van der Waals surface area contributed by atoms with Crippen LogP contribution in [0.5, 0.6) is 0 Å². The number of aryl methyl sites for hydroxylation is 2. The van der Waals surface area contributed by atoms with E-state index in [-0.39, 0.29) is 10.8 Å². The zero-order chi connectivity index (χ0) is 20.0. The van der Waals surface area contributed by atoms with Gasteiger partial charge in [-0.15, -0.1) is 0 Å². The summed E-state index contributed by atoms with van der Waals surface area (Å²) in [6.07, 6.45) is 0.824. The predicted molar refractivity (Wildman–Crippen MR) is 109 cm³/mol. The van der Waals surface area contributed by atoms with E-state index in [2.05, 4.69) is 10.0 Å². The summed E-state index contributed by atoms with van der Waals surface area (Å²) in [5.41, 5.74) is 2.62. The van der Waals surface area contributed by atoms with E-state index in [0.29, 0.717) is 17.8 Å². The molecule has 7 heteroatoms. The van der Waals surface area contributed by atoms with Crippen LogP contribution in [0.25, 0.3) is 0 Å². The van der Waals surface area contributed by atoms with Gasteiger partial charge in [0, 0.05) is 17.8 Å². The second-order valence-corrected chi connectivity index (χ2v) is 8.54. The molecule has 2 aromatic carbocycles. The second kappa shape index (κ2) is 9.01. The first-order chi connectivity index (χ1) is 12.7. The van der Waals surface area contributed by atoms with E-state index in [1.54, 1.807) is 25.1 Å². The summed E-state index contributed by atoms with van der Waals surface area (Å²) in [5, 5.41) is 2.85. The smallest absolute Gasteiger partial charge is 0.261 e. The molecule has 146 valence electrons. The van der Waals surface area contributed by atoms with Crippen LogP contribution in [0.15, 0.2) is 47.4 Å². The van der Waals surface area contributed by atoms with Gasteiger partial charge in [-0.2, -0.15) is 0 Å². The van der Waals surface area contributed by atoms with Crippen LogP contribution in [0, 0.1) is 13.8 Å². The lowest BCUT2D eigenvalue weighted by Crippen LogP contribution is -2.28. The van der Waals surface area contributed by atoms with Crippen molar-refractivity contribution in [2.75, 3.05) is 31.9 Å². The first kappa shape index (κ1) is 20.9. The zero-order valence-electron chi connectivity index (χ0n) is 16.2. The average molecular weight is 390 g/mol. The minimum Gasteiger partial charge on any atom is -0.352 e. The molecular formula is C20H27N3O3S. The summed E-state index contributed by atoms with van der Waals surface area (Å²) in [5.74, 6) is -0.265. The molecule has 0 aliphatic heterocycles. The molecule has 0 bridgehead atoms. The molecule has 0 saturated carbocycles. The quantitative estimate of drug-likeness (QED) is 0.681. The third-order valence-electron chi connectivity index (χ3n) is 4.14. The lowest BCUT2D eigenvalue weighted by molar-refractivity contribution is 0.0951. The molecule has 2 N–H and O–H groups in total. The van der Waals surface area contributed by atoms with Gasteiger partial charge < -0.3 is 10.2 Å². The summed E-state index contributed by atoms with van der Waals surface area (Å²) in [7, 11) is 0.175. The van der Waals surface area contributed by atoms with Crippen molar-refractivity contribution >= 4 is 21.6 Å². The van der Waals surface area contributed by atoms with Crippen LogP contribution in [-0.2, 0) is 10.0 Å². The topological polar surface area (TPSA) is 78.5 Å². The average Bonchev–Trinajstić information content (AvgIpc) is 2.60. The Labute approximate surface area is 161 Å². The summed E-state index contributed by atoms with van der Waals surface area (Å²) in [6, 6.07) is 11.7. The molecule has 0 aliphatic rings. The zero-order valence-corrected chi connectivity index (χ0v) is 17.1. The van der Waals surface area contributed by atoms with Gasteiger partial charge in [0.2, 0.25) is 0 Å². The van der Waals surface area contributed by atoms with Gasteiger partial charge in [0.15, 0.2) is 0 Å². The Morgan fingerprint density at radius 2 is 1.70 bits per heavy atom. The molecule has 1 amide bonds. The molecule has 0 saturated heterocycles. The molecule has 0 unspecified atom stereocenters. The van der Waals surface area contributed by atoms with E-state index in [1.165, 1.54) is 12.1 Å². The van der Waals surface area contributed by atoms with E-state index in [1.807, 2.05) is 38.1 Å². The number of anilines is 1. The van der Waals surface area contributed by atoms with Crippen LogP contribution in [0.4, 0.5) is 5.69 Å². The molecule has 0 radical (unpaired) electrons. The molecule has 0 atom stereocenters. The van der Waals surface area contributed by atoms with Gasteiger partial charge in [-0.05, 0) is 70.7 Å². The van der Waals surface area contributed by atoms with Crippen LogP contribution in [0.3, 0.4) is 0 Å². The number of amides is 1. The van der Waals surface area contributed by atoms with Crippen molar-refractivity contribution < 1.29 is 13.2 Å². The van der Waals surface area contributed by atoms with Gasteiger partial charge >= 0.3 is 0 Å². The van der Waals surface area contributed by atoms with Crippen LogP contribution in [0.2, 0.25) is 0 Å². The number of nitrogens with zero attached hydrogens (tertiary/aromatic N) is 1. The van der Waals surface area contributed by atoms with Crippen molar-refractivity contribution in [3.63, 3.8) is 0 Å². The Morgan fingerprint density at radius 1 is 1.04 bits per heavy atom. The van der Waals surface area contributed by atoms with Gasteiger partial charge in [-0.1, -0.05) is 23.8 Å². The van der Waals surface area contributed by atoms with Gasteiger partial charge in [-0.25, -0.2) is 8.42 Å². The van der Waals surface area contributed by atoms with Crippen LogP contribution in [-0.4, -0.2) is 46.4 Å². The van der Waals surface area contributed by atoms with Crippen molar-refractivity contribution in [3.05, 3.63) is 59.2 Å². The van der Waals surface area contributed by atoms with Crippen LogP contribution >= 0.6 is 0 Å². The fourth-order valence-electron chi connectivity index (χ4n) is 2.54. The maximum Gasteiger partial charge on any atom is 0.261 e. The van der Waals surface area contributed by atoms with E-state index in [4.69, 9.17) is 0 Å². The Balaban J connectivity index is 2.15. The molecule has 0 aliphatic carbocycles. The molecule has 2 aromatic rings. The van der Waals surface area contributed by atoms with Gasteiger partial charge in [0.1, 0.15) is 0 Å². The fraction of sp³-hybridized carbons (Fsp3) is 0.350. The molecule has 0 heterocycles. The van der Waals surface area contributed by atoms with E-state index in [9.17, 15) is 13.2 Å². The number of carbonyl (C=O) groups is 1. The second-order valence-electron chi connectivity index (χ2n) is 6.86. The van der Waals surface area contributed by atoms with Gasteiger partial charge in [0.25, 0.3) is 15.9 Å². The molecule has 0 aromatic heterocycles.